The quantitative estimate of drug-likeness (QED) is 0.784. The second-order valence-corrected chi connectivity index (χ2v) is 7.85. The number of nitrogens with one attached hydrogen (secondary N) is 1. The molecule has 0 saturated heterocycles. The summed E-state index contributed by atoms with van der Waals surface area (Å²) in [5.41, 5.74) is 0.0126. The molecule has 2 rings (SSSR count). The van der Waals surface area contributed by atoms with Gasteiger partial charge in [-0.3, -0.25) is 9.59 Å². The van der Waals surface area contributed by atoms with Crippen molar-refractivity contribution in [1.29, 1.82) is 0 Å². The van der Waals surface area contributed by atoms with Crippen molar-refractivity contribution in [1.82, 2.24) is 5.32 Å². The fraction of sp³-hybridized carbons (Fsp3) is 0.529. The molecule has 1 amide bonds. The van der Waals surface area contributed by atoms with Crippen molar-refractivity contribution >= 4 is 23.6 Å². The number of carbonyl (C=O) groups excluding carboxylic acids is 1. The number of thioether (sulfide) groups is 1. The Morgan fingerprint density at radius 3 is 2.32 bits per heavy atom. The van der Waals surface area contributed by atoms with E-state index in [0.717, 1.165) is 30.6 Å². The van der Waals surface area contributed by atoms with E-state index >= 15 is 0 Å². The molecule has 0 unspecified atom stereocenters. The average Bonchev–Trinajstić information content (AvgIpc) is 2.86. The van der Waals surface area contributed by atoms with Crippen molar-refractivity contribution in [2.75, 3.05) is 0 Å². The number of benzene rings is 1. The van der Waals surface area contributed by atoms with E-state index in [-0.39, 0.29) is 12.3 Å². The number of rotatable bonds is 6. The average molecular weight is 321 g/mol. The standard InChI is InChI=1S/C17H23NO3S/c1-12(2)22-14-7-5-13(6-8-14)16(21)18-17(11-15(19)20)9-3-4-10-17/h5-8,12H,3-4,9-11H2,1-2H3,(H,18,21)(H,19,20). The van der Waals surface area contributed by atoms with Crippen LogP contribution in [0.3, 0.4) is 0 Å². The minimum atomic E-state index is -0.856. The van der Waals surface area contributed by atoms with E-state index in [1.807, 2.05) is 24.3 Å². The molecule has 2 N–H and O–H groups in total. The molecule has 0 aromatic heterocycles. The van der Waals surface area contributed by atoms with Gasteiger partial charge >= 0.3 is 5.97 Å². The van der Waals surface area contributed by atoms with Crippen LogP contribution in [0.2, 0.25) is 0 Å². The summed E-state index contributed by atoms with van der Waals surface area (Å²) in [5.74, 6) is -1.03. The Morgan fingerprint density at radius 1 is 1.23 bits per heavy atom. The van der Waals surface area contributed by atoms with Crippen LogP contribution in [-0.4, -0.2) is 27.8 Å². The van der Waals surface area contributed by atoms with Gasteiger partial charge in [0.05, 0.1) is 12.0 Å². The molecule has 0 aliphatic heterocycles. The summed E-state index contributed by atoms with van der Waals surface area (Å²) in [7, 11) is 0. The van der Waals surface area contributed by atoms with Gasteiger partial charge in [-0.25, -0.2) is 0 Å². The van der Waals surface area contributed by atoms with E-state index in [0.29, 0.717) is 10.8 Å². The van der Waals surface area contributed by atoms with E-state index in [2.05, 4.69) is 19.2 Å². The van der Waals surface area contributed by atoms with E-state index < -0.39 is 11.5 Å². The summed E-state index contributed by atoms with van der Waals surface area (Å²) in [6.45, 7) is 4.25. The number of aliphatic carboxylic acids is 1. The molecular formula is C17H23NO3S. The van der Waals surface area contributed by atoms with Gasteiger partial charge in [0.1, 0.15) is 0 Å². The summed E-state index contributed by atoms with van der Waals surface area (Å²) in [6, 6.07) is 7.50. The Morgan fingerprint density at radius 2 is 1.82 bits per heavy atom. The number of amides is 1. The van der Waals surface area contributed by atoms with Crippen molar-refractivity contribution in [2.45, 2.75) is 61.6 Å². The molecule has 1 saturated carbocycles. The maximum Gasteiger partial charge on any atom is 0.305 e. The number of hydrogen-bond acceptors (Lipinski definition) is 3. The minimum Gasteiger partial charge on any atom is -0.481 e. The highest BCUT2D eigenvalue weighted by Crippen LogP contribution is 2.33. The van der Waals surface area contributed by atoms with Crippen LogP contribution in [0.1, 0.15) is 56.3 Å². The molecule has 0 spiro atoms. The highest BCUT2D eigenvalue weighted by molar-refractivity contribution is 7.99. The van der Waals surface area contributed by atoms with Gasteiger partial charge in [-0.2, -0.15) is 0 Å². The number of hydrogen-bond donors (Lipinski definition) is 2. The van der Waals surface area contributed by atoms with Gasteiger partial charge in [0.15, 0.2) is 0 Å². The molecule has 0 heterocycles. The minimum absolute atomic E-state index is 0.0000246. The van der Waals surface area contributed by atoms with Gasteiger partial charge in [0, 0.05) is 15.7 Å². The van der Waals surface area contributed by atoms with Crippen molar-refractivity contribution in [3.8, 4) is 0 Å². The van der Waals surface area contributed by atoms with E-state index in [1.165, 1.54) is 0 Å². The van der Waals surface area contributed by atoms with Gasteiger partial charge < -0.3 is 10.4 Å². The summed E-state index contributed by atoms with van der Waals surface area (Å²) in [4.78, 5) is 24.6. The van der Waals surface area contributed by atoms with Crippen LogP contribution in [0.5, 0.6) is 0 Å². The SMILES string of the molecule is CC(C)Sc1ccc(C(=O)NC2(CC(=O)O)CCCC2)cc1. The third-order valence-corrected chi connectivity index (χ3v) is 4.93. The summed E-state index contributed by atoms with van der Waals surface area (Å²) >= 11 is 1.75. The van der Waals surface area contributed by atoms with E-state index in [9.17, 15) is 9.59 Å². The second-order valence-electron chi connectivity index (χ2n) is 6.20. The first-order valence-electron chi connectivity index (χ1n) is 7.71. The van der Waals surface area contributed by atoms with Crippen LogP contribution in [0.25, 0.3) is 0 Å². The van der Waals surface area contributed by atoms with E-state index in [1.54, 1.807) is 11.8 Å². The number of carboxylic acids is 1. The van der Waals surface area contributed by atoms with Crippen LogP contribution in [0.4, 0.5) is 0 Å². The Balaban J connectivity index is 2.05. The van der Waals surface area contributed by atoms with Gasteiger partial charge in [-0.1, -0.05) is 26.7 Å². The Kier molecular flexibility index (Phi) is 5.51. The summed E-state index contributed by atoms with van der Waals surface area (Å²) < 4.78 is 0. The monoisotopic (exact) mass is 321 g/mol. The highest BCUT2D eigenvalue weighted by atomic mass is 32.2. The molecule has 1 aromatic rings. The fourth-order valence-electron chi connectivity index (χ4n) is 2.96. The maximum absolute atomic E-state index is 12.4. The first-order valence-corrected chi connectivity index (χ1v) is 8.59. The molecule has 1 fully saturated rings. The molecule has 4 nitrogen and oxygen atoms in total. The zero-order valence-electron chi connectivity index (χ0n) is 13.1. The molecule has 0 bridgehead atoms. The zero-order valence-corrected chi connectivity index (χ0v) is 13.9. The maximum atomic E-state index is 12.4. The van der Waals surface area contributed by atoms with Gasteiger partial charge in [0.25, 0.3) is 5.91 Å². The lowest BCUT2D eigenvalue weighted by Crippen LogP contribution is -2.47. The van der Waals surface area contributed by atoms with Gasteiger partial charge in [0.2, 0.25) is 0 Å². The Bertz CT molecular complexity index is 533. The molecular weight excluding hydrogens is 298 g/mol. The normalized spacial score (nSPS) is 16.7. The molecule has 0 atom stereocenters. The second kappa shape index (κ2) is 7.18. The highest BCUT2D eigenvalue weighted by Gasteiger charge is 2.37. The summed E-state index contributed by atoms with van der Waals surface area (Å²) in [5, 5.41) is 12.6. The van der Waals surface area contributed by atoms with Crippen molar-refractivity contribution in [3.63, 3.8) is 0 Å². The lowest BCUT2D eigenvalue weighted by molar-refractivity contribution is -0.138. The third kappa shape index (κ3) is 4.50. The molecule has 1 aromatic carbocycles. The fourth-order valence-corrected chi connectivity index (χ4v) is 3.79. The first-order chi connectivity index (χ1) is 10.4. The predicted octanol–water partition coefficient (Wildman–Crippen LogP) is 3.70. The topological polar surface area (TPSA) is 66.4 Å². The van der Waals surface area contributed by atoms with Crippen LogP contribution in [0.15, 0.2) is 29.2 Å². The molecule has 1 aliphatic carbocycles. The molecule has 0 radical (unpaired) electrons. The largest absolute Gasteiger partial charge is 0.481 e. The van der Waals surface area contributed by atoms with Crippen LogP contribution >= 0.6 is 11.8 Å². The lowest BCUT2D eigenvalue weighted by atomic mass is 9.92. The smallest absolute Gasteiger partial charge is 0.305 e. The molecule has 5 heteroatoms. The van der Waals surface area contributed by atoms with E-state index in [4.69, 9.17) is 5.11 Å². The summed E-state index contributed by atoms with van der Waals surface area (Å²) in [6.07, 6.45) is 3.42. The lowest BCUT2D eigenvalue weighted by Gasteiger charge is -2.28. The predicted molar refractivity (Wildman–Crippen MR) is 88.4 cm³/mol. The number of carbonyl (C=O) groups is 2. The Hall–Kier alpha value is -1.49. The van der Waals surface area contributed by atoms with Crippen molar-refractivity contribution in [3.05, 3.63) is 29.8 Å². The van der Waals surface area contributed by atoms with Crippen molar-refractivity contribution < 1.29 is 14.7 Å². The zero-order chi connectivity index (χ0) is 16.2. The third-order valence-electron chi connectivity index (χ3n) is 3.92. The van der Waals surface area contributed by atoms with Gasteiger partial charge in [-0.15, -0.1) is 11.8 Å². The molecule has 120 valence electrons. The van der Waals surface area contributed by atoms with Crippen LogP contribution < -0.4 is 5.32 Å². The van der Waals surface area contributed by atoms with Crippen molar-refractivity contribution in [2.24, 2.45) is 0 Å². The van der Waals surface area contributed by atoms with Crippen LogP contribution in [-0.2, 0) is 4.79 Å². The van der Waals surface area contributed by atoms with Crippen LogP contribution in [0, 0.1) is 0 Å². The van der Waals surface area contributed by atoms with Gasteiger partial charge in [-0.05, 0) is 37.1 Å². The molecule has 1 aliphatic rings. The first kappa shape index (κ1) is 16.9. The molecule has 22 heavy (non-hydrogen) atoms. The number of carboxylic acid groups (broad SMARTS) is 1. The Labute approximate surface area is 135 Å².